The topological polar surface area (TPSA) is 84.0 Å². The minimum Gasteiger partial charge on any atom is -0.490 e. The predicted molar refractivity (Wildman–Crippen MR) is 120 cm³/mol. The Hall–Kier alpha value is -1.71. The molecule has 0 fully saturated rings. The summed E-state index contributed by atoms with van der Waals surface area (Å²) >= 11 is 0. The van der Waals surface area contributed by atoms with Gasteiger partial charge in [-0.25, -0.2) is 0 Å². The van der Waals surface area contributed by atoms with Gasteiger partial charge in [-0.05, 0) is 44.9 Å². The smallest absolute Gasteiger partial charge is 0.239 e. The summed E-state index contributed by atoms with van der Waals surface area (Å²) in [6, 6.07) is 5.85. The molecule has 0 saturated carbocycles. The fourth-order valence-corrected chi connectivity index (χ4v) is 2.31. The van der Waals surface area contributed by atoms with Gasteiger partial charge in [-0.1, -0.05) is 13.0 Å². The van der Waals surface area contributed by atoms with Crippen molar-refractivity contribution in [2.75, 3.05) is 33.4 Å². The molecule has 7 nitrogen and oxygen atoms in total. The van der Waals surface area contributed by atoms with Crippen LogP contribution in [0.15, 0.2) is 23.2 Å². The fourth-order valence-electron chi connectivity index (χ4n) is 2.31. The lowest BCUT2D eigenvalue weighted by molar-refractivity contribution is -0.120. The molecule has 0 aromatic heterocycles. The van der Waals surface area contributed by atoms with Gasteiger partial charge in [0.05, 0.1) is 25.8 Å². The van der Waals surface area contributed by atoms with Gasteiger partial charge in [0.1, 0.15) is 0 Å². The molecule has 0 aliphatic heterocycles. The Balaban J connectivity index is 0.00000676. The number of guanidine groups is 1. The molecule has 0 heterocycles. The van der Waals surface area contributed by atoms with E-state index in [0.717, 1.165) is 23.5 Å². The molecule has 0 aliphatic rings. The zero-order chi connectivity index (χ0) is 19.4. The summed E-state index contributed by atoms with van der Waals surface area (Å²) in [5.41, 5.74) is 1.04. The SMILES string of the molecule is CCCNC(=O)CNC(=NC)NC(C)c1ccc(OCC)c(OCC)c1.I. The summed E-state index contributed by atoms with van der Waals surface area (Å²) in [4.78, 5) is 15.9. The van der Waals surface area contributed by atoms with Gasteiger partial charge in [-0.2, -0.15) is 0 Å². The van der Waals surface area contributed by atoms with Crippen LogP contribution in [0.5, 0.6) is 11.5 Å². The van der Waals surface area contributed by atoms with Crippen LogP contribution in [0.4, 0.5) is 0 Å². The Labute approximate surface area is 179 Å². The van der Waals surface area contributed by atoms with Crippen molar-refractivity contribution < 1.29 is 14.3 Å². The Kier molecular flexibility index (Phi) is 13.5. The summed E-state index contributed by atoms with van der Waals surface area (Å²) in [6.45, 7) is 9.94. The molecule has 1 rings (SSSR count). The maximum Gasteiger partial charge on any atom is 0.239 e. The van der Waals surface area contributed by atoms with E-state index >= 15 is 0 Å². The first-order valence-electron chi connectivity index (χ1n) is 9.19. The molecule has 1 aromatic rings. The number of benzene rings is 1. The van der Waals surface area contributed by atoms with E-state index in [0.29, 0.717) is 25.7 Å². The molecule has 154 valence electrons. The second-order valence-electron chi connectivity index (χ2n) is 5.71. The van der Waals surface area contributed by atoms with Gasteiger partial charge >= 0.3 is 0 Å². The number of carbonyl (C=O) groups is 1. The normalized spacial score (nSPS) is 11.8. The summed E-state index contributed by atoms with van der Waals surface area (Å²) in [6.07, 6.45) is 0.912. The largest absolute Gasteiger partial charge is 0.490 e. The van der Waals surface area contributed by atoms with Crippen LogP contribution in [-0.2, 0) is 4.79 Å². The first-order valence-corrected chi connectivity index (χ1v) is 9.19. The third-order valence-corrected chi connectivity index (χ3v) is 3.63. The highest BCUT2D eigenvalue weighted by Crippen LogP contribution is 2.30. The van der Waals surface area contributed by atoms with E-state index in [1.54, 1.807) is 7.05 Å². The minimum atomic E-state index is -0.0536. The maximum absolute atomic E-state index is 11.7. The molecule has 8 heteroatoms. The van der Waals surface area contributed by atoms with Crippen LogP contribution in [0, 0.1) is 0 Å². The second kappa shape index (κ2) is 14.4. The quantitative estimate of drug-likeness (QED) is 0.266. The molecule has 1 aromatic carbocycles. The van der Waals surface area contributed by atoms with E-state index in [1.165, 1.54) is 0 Å². The van der Waals surface area contributed by atoms with E-state index in [4.69, 9.17) is 9.47 Å². The summed E-state index contributed by atoms with van der Waals surface area (Å²) in [7, 11) is 1.68. The number of halogens is 1. The predicted octanol–water partition coefficient (Wildman–Crippen LogP) is 2.85. The van der Waals surface area contributed by atoms with Gasteiger partial charge in [-0.3, -0.25) is 9.79 Å². The van der Waals surface area contributed by atoms with Gasteiger partial charge < -0.3 is 25.4 Å². The Bertz CT molecular complexity index is 596. The third kappa shape index (κ3) is 9.16. The Morgan fingerprint density at radius 2 is 1.78 bits per heavy atom. The number of ether oxygens (including phenoxy) is 2. The van der Waals surface area contributed by atoms with Crippen LogP contribution in [0.25, 0.3) is 0 Å². The fraction of sp³-hybridized carbons (Fsp3) is 0.579. The van der Waals surface area contributed by atoms with Crippen molar-refractivity contribution in [2.45, 2.75) is 40.2 Å². The number of carbonyl (C=O) groups excluding carboxylic acids is 1. The maximum atomic E-state index is 11.7. The van der Waals surface area contributed by atoms with Gasteiger partial charge in [0.25, 0.3) is 0 Å². The van der Waals surface area contributed by atoms with Crippen molar-refractivity contribution in [3.8, 4) is 11.5 Å². The van der Waals surface area contributed by atoms with Gasteiger partial charge in [0.2, 0.25) is 5.91 Å². The molecule has 27 heavy (non-hydrogen) atoms. The van der Waals surface area contributed by atoms with Gasteiger partial charge in [0, 0.05) is 13.6 Å². The van der Waals surface area contributed by atoms with Crippen molar-refractivity contribution >= 4 is 35.8 Å². The molecule has 0 saturated heterocycles. The van der Waals surface area contributed by atoms with Crippen LogP contribution in [0.1, 0.15) is 45.7 Å². The highest BCUT2D eigenvalue weighted by Gasteiger charge is 2.13. The lowest BCUT2D eigenvalue weighted by atomic mass is 10.1. The lowest BCUT2D eigenvalue weighted by Crippen LogP contribution is -2.44. The molecule has 3 N–H and O–H groups in total. The van der Waals surface area contributed by atoms with Crippen molar-refractivity contribution in [2.24, 2.45) is 4.99 Å². The highest BCUT2D eigenvalue weighted by molar-refractivity contribution is 14.0. The third-order valence-electron chi connectivity index (χ3n) is 3.63. The van der Waals surface area contributed by atoms with Crippen LogP contribution in [0.3, 0.4) is 0 Å². The van der Waals surface area contributed by atoms with Crippen LogP contribution in [-0.4, -0.2) is 45.2 Å². The molecule has 1 unspecified atom stereocenters. The molecule has 1 atom stereocenters. The van der Waals surface area contributed by atoms with Gasteiger partial charge in [-0.15, -0.1) is 24.0 Å². The van der Waals surface area contributed by atoms with E-state index < -0.39 is 0 Å². The lowest BCUT2D eigenvalue weighted by Gasteiger charge is -2.20. The standard InChI is InChI=1S/C19H32N4O3.HI/c1-6-11-21-18(24)13-22-19(20-5)23-14(4)15-9-10-16(25-7-2)17(12-15)26-8-3;/h9-10,12,14H,6-8,11,13H2,1-5H3,(H,21,24)(H2,20,22,23);1H. The van der Waals surface area contributed by atoms with Crippen LogP contribution >= 0.6 is 24.0 Å². The zero-order valence-electron chi connectivity index (χ0n) is 16.9. The molecule has 0 radical (unpaired) electrons. The number of nitrogens with one attached hydrogen (secondary N) is 3. The first kappa shape index (κ1) is 25.3. The highest BCUT2D eigenvalue weighted by atomic mass is 127. The van der Waals surface area contributed by atoms with Crippen molar-refractivity contribution in [3.63, 3.8) is 0 Å². The number of amides is 1. The van der Waals surface area contributed by atoms with E-state index in [-0.39, 0.29) is 42.5 Å². The average molecular weight is 492 g/mol. The average Bonchev–Trinajstić information content (AvgIpc) is 2.64. The minimum absolute atomic E-state index is 0. The molecule has 1 amide bonds. The summed E-state index contributed by atoms with van der Waals surface area (Å²) in [5, 5.41) is 9.12. The molecule has 0 aliphatic carbocycles. The number of aliphatic imine (C=N–C) groups is 1. The number of hydrogen-bond acceptors (Lipinski definition) is 4. The molecular formula is C19H33IN4O3. The monoisotopic (exact) mass is 492 g/mol. The number of nitrogens with zero attached hydrogens (tertiary/aromatic N) is 1. The molecule has 0 bridgehead atoms. The molecule has 0 spiro atoms. The number of hydrogen-bond donors (Lipinski definition) is 3. The number of rotatable bonds is 10. The summed E-state index contributed by atoms with van der Waals surface area (Å²) in [5.74, 6) is 1.97. The van der Waals surface area contributed by atoms with Crippen LogP contribution in [0.2, 0.25) is 0 Å². The molecular weight excluding hydrogens is 459 g/mol. The Morgan fingerprint density at radius 1 is 1.11 bits per heavy atom. The van der Waals surface area contributed by atoms with Crippen molar-refractivity contribution in [1.82, 2.24) is 16.0 Å². The van der Waals surface area contributed by atoms with E-state index in [2.05, 4.69) is 20.9 Å². The first-order chi connectivity index (χ1) is 12.5. The van der Waals surface area contributed by atoms with E-state index in [9.17, 15) is 4.79 Å². The van der Waals surface area contributed by atoms with E-state index in [1.807, 2.05) is 45.9 Å². The van der Waals surface area contributed by atoms with Crippen molar-refractivity contribution in [3.05, 3.63) is 23.8 Å². The zero-order valence-corrected chi connectivity index (χ0v) is 19.3. The second-order valence-corrected chi connectivity index (χ2v) is 5.71. The van der Waals surface area contributed by atoms with Crippen molar-refractivity contribution in [1.29, 1.82) is 0 Å². The Morgan fingerprint density at radius 3 is 2.37 bits per heavy atom. The van der Waals surface area contributed by atoms with Gasteiger partial charge in [0.15, 0.2) is 17.5 Å². The summed E-state index contributed by atoms with van der Waals surface area (Å²) < 4.78 is 11.3. The van der Waals surface area contributed by atoms with Crippen LogP contribution < -0.4 is 25.4 Å².